The molecule has 1 aromatic rings. The Morgan fingerprint density at radius 1 is 1.39 bits per heavy atom. The van der Waals surface area contributed by atoms with Crippen molar-refractivity contribution in [2.24, 2.45) is 0 Å². The van der Waals surface area contributed by atoms with Crippen LogP contribution in [0.1, 0.15) is 25.3 Å². The number of rotatable bonds is 4. The number of nitrogens with two attached hydrogens (primary N) is 1. The largest absolute Gasteiger partial charge is 0.396 e. The molecule has 1 fully saturated rings. The molecule has 2 N–H and O–H groups in total. The number of nitrogens with zero attached hydrogens (tertiary/aromatic N) is 1. The van der Waals surface area contributed by atoms with Crippen molar-refractivity contribution in [3.05, 3.63) is 29.6 Å². The van der Waals surface area contributed by atoms with Gasteiger partial charge in [0.05, 0.1) is 11.8 Å². The second-order valence-electron chi connectivity index (χ2n) is 4.74. The predicted octanol–water partition coefficient (Wildman–Crippen LogP) is 2.41. The van der Waals surface area contributed by atoms with Crippen molar-refractivity contribution in [3.63, 3.8) is 0 Å². The average Bonchev–Trinajstić information content (AvgIpc) is 2.38. The van der Waals surface area contributed by atoms with Crippen LogP contribution in [0.5, 0.6) is 0 Å². The molecule has 1 aliphatic heterocycles. The molecule has 100 valence electrons. The monoisotopic (exact) mass is 252 g/mol. The minimum Gasteiger partial charge on any atom is -0.396 e. The van der Waals surface area contributed by atoms with Gasteiger partial charge in [-0.3, -0.25) is 4.90 Å². The van der Waals surface area contributed by atoms with E-state index in [1.807, 2.05) is 13.0 Å². The van der Waals surface area contributed by atoms with Gasteiger partial charge in [-0.15, -0.1) is 0 Å². The fourth-order valence-electron chi connectivity index (χ4n) is 2.43. The standard InChI is InChI=1S/C14H21FN2O/c1-2-18-12-6-8-17(9-7-12)10-11-4-3-5-13(15)14(11)16/h3-5,12H,2,6-10,16H2,1H3. The van der Waals surface area contributed by atoms with E-state index >= 15 is 0 Å². The minimum atomic E-state index is -0.322. The summed E-state index contributed by atoms with van der Waals surface area (Å²) in [5.74, 6) is -0.322. The molecule has 0 spiro atoms. The fourth-order valence-corrected chi connectivity index (χ4v) is 2.43. The Morgan fingerprint density at radius 3 is 2.78 bits per heavy atom. The third-order valence-electron chi connectivity index (χ3n) is 3.47. The molecule has 2 rings (SSSR count). The van der Waals surface area contributed by atoms with Crippen LogP contribution in [0.15, 0.2) is 18.2 Å². The Kier molecular flexibility index (Phi) is 4.55. The van der Waals surface area contributed by atoms with Crippen molar-refractivity contribution >= 4 is 5.69 Å². The van der Waals surface area contributed by atoms with Gasteiger partial charge >= 0.3 is 0 Å². The molecule has 0 unspecified atom stereocenters. The lowest BCUT2D eigenvalue weighted by molar-refractivity contribution is 0.0125. The first-order valence-electron chi connectivity index (χ1n) is 6.57. The second kappa shape index (κ2) is 6.16. The fraction of sp³-hybridized carbons (Fsp3) is 0.571. The van der Waals surface area contributed by atoms with E-state index in [0.29, 0.717) is 6.10 Å². The van der Waals surface area contributed by atoms with Gasteiger partial charge in [-0.05, 0) is 31.4 Å². The van der Waals surface area contributed by atoms with Gasteiger partial charge in [-0.1, -0.05) is 12.1 Å². The number of benzene rings is 1. The molecule has 0 saturated carbocycles. The van der Waals surface area contributed by atoms with Crippen LogP contribution in [0.2, 0.25) is 0 Å². The van der Waals surface area contributed by atoms with Gasteiger partial charge in [0.15, 0.2) is 0 Å². The summed E-state index contributed by atoms with van der Waals surface area (Å²) in [4.78, 5) is 2.31. The third-order valence-corrected chi connectivity index (χ3v) is 3.47. The molecule has 0 radical (unpaired) electrons. The Morgan fingerprint density at radius 2 is 2.11 bits per heavy atom. The number of para-hydroxylation sites is 1. The van der Waals surface area contributed by atoms with Gasteiger partial charge in [-0.2, -0.15) is 0 Å². The molecule has 4 heteroatoms. The summed E-state index contributed by atoms with van der Waals surface area (Å²) >= 11 is 0. The summed E-state index contributed by atoms with van der Waals surface area (Å²) in [5, 5.41) is 0. The molecule has 0 amide bonds. The zero-order valence-corrected chi connectivity index (χ0v) is 10.9. The van der Waals surface area contributed by atoms with Crippen molar-refractivity contribution < 1.29 is 9.13 Å². The summed E-state index contributed by atoms with van der Waals surface area (Å²) in [7, 11) is 0. The van der Waals surface area contributed by atoms with Crippen LogP contribution in [0.4, 0.5) is 10.1 Å². The summed E-state index contributed by atoms with van der Waals surface area (Å²) in [5.41, 5.74) is 6.91. The van der Waals surface area contributed by atoms with E-state index in [2.05, 4.69) is 4.90 Å². The number of halogens is 1. The highest BCUT2D eigenvalue weighted by atomic mass is 19.1. The number of hydrogen-bond donors (Lipinski definition) is 1. The van der Waals surface area contributed by atoms with E-state index in [1.54, 1.807) is 6.07 Å². The van der Waals surface area contributed by atoms with E-state index in [9.17, 15) is 4.39 Å². The maximum Gasteiger partial charge on any atom is 0.146 e. The molecular formula is C14H21FN2O. The first kappa shape index (κ1) is 13.3. The van der Waals surface area contributed by atoms with Crippen molar-refractivity contribution in [1.82, 2.24) is 4.90 Å². The first-order valence-corrected chi connectivity index (χ1v) is 6.57. The first-order chi connectivity index (χ1) is 8.70. The summed E-state index contributed by atoms with van der Waals surface area (Å²) in [6, 6.07) is 5.02. The van der Waals surface area contributed by atoms with Crippen LogP contribution in [0.25, 0.3) is 0 Å². The van der Waals surface area contributed by atoms with Crippen LogP contribution < -0.4 is 5.73 Å². The van der Waals surface area contributed by atoms with E-state index < -0.39 is 0 Å². The number of hydrogen-bond acceptors (Lipinski definition) is 3. The molecule has 1 saturated heterocycles. The zero-order valence-electron chi connectivity index (χ0n) is 10.9. The Bertz CT molecular complexity index is 389. The highest BCUT2D eigenvalue weighted by Gasteiger charge is 2.20. The van der Waals surface area contributed by atoms with Crippen LogP contribution in [-0.4, -0.2) is 30.7 Å². The smallest absolute Gasteiger partial charge is 0.146 e. The Hall–Kier alpha value is -1.13. The molecule has 18 heavy (non-hydrogen) atoms. The SMILES string of the molecule is CCOC1CCN(Cc2cccc(F)c2N)CC1. The van der Waals surface area contributed by atoms with Crippen LogP contribution in [0.3, 0.4) is 0 Å². The van der Waals surface area contributed by atoms with Crippen molar-refractivity contribution in [2.45, 2.75) is 32.4 Å². The lowest BCUT2D eigenvalue weighted by Gasteiger charge is -2.31. The van der Waals surface area contributed by atoms with Gasteiger partial charge in [0.25, 0.3) is 0 Å². The van der Waals surface area contributed by atoms with Crippen molar-refractivity contribution in [2.75, 3.05) is 25.4 Å². The molecular weight excluding hydrogens is 231 g/mol. The molecule has 1 aromatic carbocycles. The summed E-state index contributed by atoms with van der Waals surface area (Å²) in [6.45, 7) is 5.50. The molecule has 0 aromatic heterocycles. The molecule has 1 heterocycles. The van der Waals surface area contributed by atoms with E-state index in [-0.39, 0.29) is 11.5 Å². The van der Waals surface area contributed by atoms with Crippen molar-refractivity contribution in [1.29, 1.82) is 0 Å². The lowest BCUT2D eigenvalue weighted by atomic mass is 10.1. The van der Waals surface area contributed by atoms with Crippen LogP contribution in [-0.2, 0) is 11.3 Å². The van der Waals surface area contributed by atoms with E-state index in [1.165, 1.54) is 6.07 Å². The maximum absolute atomic E-state index is 13.3. The van der Waals surface area contributed by atoms with Gasteiger partial charge < -0.3 is 10.5 Å². The molecule has 0 bridgehead atoms. The maximum atomic E-state index is 13.3. The number of anilines is 1. The van der Waals surface area contributed by atoms with E-state index in [4.69, 9.17) is 10.5 Å². The third kappa shape index (κ3) is 3.21. The molecule has 3 nitrogen and oxygen atoms in total. The number of nitrogen functional groups attached to an aromatic ring is 1. The molecule has 0 aliphatic carbocycles. The molecule has 0 atom stereocenters. The number of piperidine rings is 1. The normalized spacial score (nSPS) is 18.1. The minimum absolute atomic E-state index is 0.282. The van der Waals surface area contributed by atoms with Gasteiger partial charge in [0.2, 0.25) is 0 Å². The topological polar surface area (TPSA) is 38.5 Å². The van der Waals surface area contributed by atoms with Gasteiger partial charge in [0, 0.05) is 26.2 Å². The summed E-state index contributed by atoms with van der Waals surface area (Å²) in [6.07, 6.45) is 2.47. The Labute approximate surface area is 108 Å². The quantitative estimate of drug-likeness (QED) is 0.836. The highest BCUT2D eigenvalue weighted by Crippen LogP contribution is 2.21. The van der Waals surface area contributed by atoms with Crippen LogP contribution >= 0.6 is 0 Å². The highest BCUT2D eigenvalue weighted by molar-refractivity contribution is 5.47. The predicted molar refractivity (Wildman–Crippen MR) is 70.7 cm³/mol. The zero-order chi connectivity index (χ0) is 13.0. The number of ether oxygens (including phenoxy) is 1. The average molecular weight is 252 g/mol. The van der Waals surface area contributed by atoms with Gasteiger partial charge in [-0.25, -0.2) is 4.39 Å². The molecule has 1 aliphatic rings. The summed E-state index contributed by atoms with van der Waals surface area (Å²) < 4.78 is 18.9. The van der Waals surface area contributed by atoms with Crippen molar-refractivity contribution in [3.8, 4) is 0 Å². The lowest BCUT2D eigenvalue weighted by Crippen LogP contribution is -2.36. The Balaban J connectivity index is 1.90. The van der Waals surface area contributed by atoms with E-state index in [0.717, 1.165) is 44.6 Å². The second-order valence-corrected chi connectivity index (χ2v) is 4.74. The number of likely N-dealkylation sites (tertiary alicyclic amines) is 1. The van der Waals surface area contributed by atoms with Gasteiger partial charge in [0.1, 0.15) is 5.82 Å². The van der Waals surface area contributed by atoms with Crippen LogP contribution in [0, 0.1) is 5.82 Å².